The van der Waals surface area contributed by atoms with Crippen molar-refractivity contribution in [3.63, 3.8) is 0 Å². The Hall–Kier alpha value is -0.580. The molecule has 4 nitrogen and oxygen atoms in total. The maximum absolute atomic E-state index is 11.3. The highest BCUT2D eigenvalue weighted by Gasteiger charge is 2.11. The van der Waals surface area contributed by atoms with Crippen LogP contribution in [0.5, 0.6) is 0 Å². The minimum absolute atomic E-state index is 0.206. The monoisotopic (exact) mass is 220 g/mol. The second-order valence-electron chi connectivity index (χ2n) is 2.98. The first-order valence-electron chi connectivity index (χ1n) is 4.43. The number of rotatable bonds is 7. The summed E-state index contributed by atoms with van der Waals surface area (Å²) in [6, 6.07) is -0.499. The molecule has 1 unspecified atom stereocenters. The van der Waals surface area contributed by atoms with E-state index in [-0.39, 0.29) is 12.5 Å². The average Bonchev–Trinajstić information content (AvgIpc) is 2.14. The molecule has 0 aromatic rings. The van der Waals surface area contributed by atoms with Crippen LogP contribution in [0.4, 0.5) is 0 Å². The molecule has 0 aliphatic rings. The lowest BCUT2D eigenvalue weighted by Crippen LogP contribution is -2.41. The molecular formula is C9H17ClN2O2. The molecule has 0 fully saturated rings. The lowest BCUT2D eigenvalue weighted by molar-refractivity contribution is -0.122. The molecule has 0 aliphatic heterocycles. The smallest absolute Gasteiger partial charge is 0.237 e. The molecule has 0 saturated carbocycles. The number of nitrogens with two attached hydrogens (primary N) is 1. The van der Waals surface area contributed by atoms with Gasteiger partial charge >= 0.3 is 0 Å². The third-order valence-electron chi connectivity index (χ3n) is 1.65. The van der Waals surface area contributed by atoms with Gasteiger partial charge in [0.1, 0.15) is 0 Å². The molecule has 5 heteroatoms. The first-order chi connectivity index (χ1) is 6.57. The van der Waals surface area contributed by atoms with Crippen LogP contribution < -0.4 is 11.1 Å². The summed E-state index contributed by atoms with van der Waals surface area (Å²) in [6.45, 7) is 4.33. The lowest BCUT2D eigenvalue weighted by atomic mass is 10.1. The fourth-order valence-electron chi connectivity index (χ4n) is 0.893. The number of carbonyl (C=O) groups excluding carboxylic acids is 1. The van der Waals surface area contributed by atoms with Gasteiger partial charge in [0.05, 0.1) is 12.6 Å². The van der Waals surface area contributed by atoms with Crippen LogP contribution in [-0.2, 0) is 9.53 Å². The van der Waals surface area contributed by atoms with Gasteiger partial charge in [-0.3, -0.25) is 4.79 Å². The minimum atomic E-state index is -0.499. The first kappa shape index (κ1) is 13.4. The number of hydrogen-bond donors (Lipinski definition) is 2. The Kier molecular flexibility index (Phi) is 7.47. The summed E-state index contributed by atoms with van der Waals surface area (Å²) >= 11 is 5.48. The van der Waals surface area contributed by atoms with Gasteiger partial charge in [0, 0.05) is 18.7 Å². The predicted octanol–water partition coefficient (Wildman–Crippen LogP) is 0.609. The maximum Gasteiger partial charge on any atom is 0.237 e. The quantitative estimate of drug-likeness (QED) is 0.618. The van der Waals surface area contributed by atoms with Crippen LogP contribution in [-0.4, -0.2) is 32.2 Å². The summed E-state index contributed by atoms with van der Waals surface area (Å²) in [7, 11) is 1.61. The molecule has 1 atom stereocenters. The van der Waals surface area contributed by atoms with Crippen LogP contribution in [0.3, 0.4) is 0 Å². The Morgan fingerprint density at radius 2 is 2.36 bits per heavy atom. The van der Waals surface area contributed by atoms with Crippen molar-refractivity contribution < 1.29 is 9.53 Å². The van der Waals surface area contributed by atoms with Crippen LogP contribution >= 0.6 is 11.6 Å². The van der Waals surface area contributed by atoms with Crippen molar-refractivity contribution in [1.29, 1.82) is 0 Å². The van der Waals surface area contributed by atoms with E-state index in [1.54, 1.807) is 7.11 Å². The van der Waals surface area contributed by atoms with Crippen LogP contribution in [0.15, 0.2) is 11.6 Å². The van der Waals surface area contributed by atoms with Gasteiger partial charge in [0.25, 0.3) is 0 Å². The minimum Gasteiger partial charge on any atom is -0.385 e. The van der Waals surface area contributed by atoms with Crippen molar-refractivity contribution in [1.82, 2.24) is 5.32 Å². The number of ether oxygens (including phenoxy) is 1. The number of amides is 1. The van der Waals surface area contributed by atoms with Crippen molar-refractivity contribution in [2.75, 3.05) is 20.3 Å². The zero-order valence-corrected chi connectivity index (χ0v) is 9.14. The van der Waals surface area contributed by atoms with Gasteiger partial charge in [-0.1, -0.05) is 18.2 Å². The molecule has 0 aliphatic carbocycles. The molecule has 14 heavy (non-hydrogen) atoms. The van der Waals surface area contributed by atoms with Crippen molar-refractivity contribution in [2.45, 2.75) is 18.9 Å². The Morgan fingerprint density at radius 3 is 2.86 bits per heavy atom. The van der Waals surface area contributed by atoms with Crippen LogP contribution in [0, 0.1) is 0 Å². The molecule has 3 N–H and O–H groups in total. The summed E-state index contributed by atoms with van der Waals surface area (Å²) in [4.78, 5) is 11.3. The molecule has 0 radical (unpaired) electrons. The lowest BCUT2D eigenvalue weighted by Gasteiger charge is -2.11. The van der Waals surface area contributed by atoms with E-state index < -0.39 is 6.04 Å². The van der Waals surface area contributed by atoms with Crippen molar-refractivity contribution in [3.8, 4) is 0 Å². The van der Waals surface area contributed by atoms with Gasteiger partial charge in [-0.2, -0.15) is 0 Å². The number of halogens is 1. The standard InChI is InChI=1S/C9H17ClN2O2/c1-7(10)6-12-9(13)8(11)4-3-5-14-2/h8H,1,3-6,11H2,2H3,(H,12,13). The molecule has 1 amide bonds. The van der Waals surface area contributed by atoms with Gasteiger partial charge in [0.15, 0.2) is 0 Å². The highest BCUT2D eigenvalue weighted by molar-refractivity contribution is 6.29. The second-order valence-corrected chi connectivity index (χ2v) is 3.51. The molecule has 0 rings (SSSR count). The van der Waals surface area contributed by atoms with Gasteiger partial charge in [-0.25, -0.2) is 0 Å². The Balaban J connectivity index is 3.59. The third-order valence-corrected chi connectivity index (χ3v) is 1.79. The Morgan fingerprint density at radius 1 is 1.71 bits per heavy atom. The van der Waals surface area contributed by atoms with Crippen molar-refractivity contribution >= 4 is 17.5 Å². The molecule has 0 bridgehead atoms. The second kappa shape index (κ2) is 7.79. The molecule has 0 heterocycles. The first-order valence-corrected chi connectivity index (χ1v) is 4.81. The number of carbonyl (C=O) groups is 1. The fraction of sp³-hybridized carbons (Fsp3) is 0.667. The summed E-state index contributed by atoms with van der Waals surface area (Å²) in [5.41, 5.74) is 5.60. The van der Waals surface area contributed by atoms with Crippen LogP contribution in [0.25, 0.3) is 0 Å². The van der Waals surface area contributed by atoms with E-state index in [1.807, 2.05) is 0 Å². The van der Waals surface area contributed by atoms with E-state index in [4.69, 9.17) is 22.1 Å². The number of nitrogens with one attached hydrogen (secondary N) is 1. The van der Waals surface area contributed by atoms with Gasteiger partial charge < -0.3 is 15.8 Å². The van der Waals surface area contributed by atoms with Crippen LogP contribution in [0.1, 0.15) is 12.8 Å². The summed E-state index contributed by atoms with van der Waals surface area (Å²) < 4.78 is 4.85. The summed E-state index contributed by atoms with van der Waals surface area (Å²) in [5, 5.41) is 2.96. The average molecular weight is 221 g/mol. The highest BCUT2D eigenvalue weighted by Crippen LogP contribution is 1.97. The maximum atomic E-state index is 11.3. The number of hydrogen-bond acceptors (Lipinski definition) is 3. The van der Waals surface area contributed by atoms with E-state index >= 15 is 0 Å². The Labute approximate surface area is 89.4 Å². The molecular weight excluding hydrogens is 204 g/mol. The van der Waals surface area contributed by atoms with E-state index in [9.17, 15) is 4.79 Å². The molecule has 82 valence electrons. The van der Waals surface area contributed by atoms with Crippen molar-refractivity contribution in [3.05, 3.63) is 11.6 Å². The fourth-order valence-corrected chi connectivity index (χ4v) is 0.960. The molecule has 0 aromatic heterocycles. The largest absolute Gasteiger partial charge is 0.385 e. The van der Waals surface area contributed by atoms with Gasteiger partial charge in [-0.05, 0) is 12.8 Å². The number of methoxy groups -OCH3 is 1. The SMILES string of the molecule is C=C(Cl)CNC(=O)C(N)CCCOC. The zero-order chi connectivity index (χ0) is 11.0. The summed E-state index contributed by atoms with van der Waals surface area (Å²) in [5.74, 6) is -0.206. The van der Waals surface area contributed by atoms with E-state index in [1.165, 1.54) is 0 Å². The van der Waals surface area contributed by atoms with Crippen LogP contribution in [0.2, 0.25) is 0 Å². The normalized spacial score (nSPS) is 12.2. The van der Waals surface area contributed by atoms with E-state index in [0.717, 1.165) is 6.42 Å². The summed E-state index contributed by atoms with van der Waals surface area (Å²) in [6.07, 6.45) is 1.38. The van der Waals surface area contributed by atoms with E-state index in [0.29, 0.717) is 18.1 Å². The molecule has 0 aromatic carbocycles. The zero-order valence-electron chi connectivity index (χ0n) is 8.38. The Bertz CT molecular complexity index is 197. The predicted molar refractivity (Wildman–Crippen MR) is 57.1 cm³/mol. The van der Waals surface area contributed by atoms with Gasteiger partial charge in [-0.15, -0.1) is 0 Å². The third kappa shape index (κ3) is 6.88. The topological polar surface area (TPSA) is 64.4 Å². The van der Waals surface area contributed by atoms with Gasteiger partial charge in [0.2, 0.25) is 5.91 Å². The highest BCUT2D eigenvalue weighted by atomic mass is 35.5. The molecule has 0 spiro atoms. The molecule has 0 saturated heterocycles. The van der Waals surface area contributed by atoms with Crippen molar-refractivity contribution in [2.24, 2.45) is 5.73 Å². The van der Waals surface area contributed by atoms with E-state index in [2.05, 4.69) is 11.9 Å².